The summed E-state index contributed by atoms with van der Waals surface area (Å²) in [5.41, 5.74) is 1.14. The van der Waals surface area contributed by atoms with Crippen LogP contribution in [0.4, 0.5) is 23.0 Å². The number of fused-ring (bicyclic) bond motifs is 1. The van der Waals surface area contributed by atoms with E-state index < -0.39 is 6.29 Å². The Morgan fingerprint density at radius 1 is 1.26 bits per heavy atom. The Balaban J connectivity index is 1.42. The van der Waals surface area contributed by atoms with Crippen molar-refractivity contribution < 1.29 is 0 Å². The number of likely N-dealkylation sites (N-methyl/N-ethyl adjacent to an activating group) is 1. The molecule has 1 fully saturated rings. The van der Waals surface area contributed by atoms with Crippen LogP contribution < -0.4 is 21.1 Å². The fraction of sp³-hybridized carbons (Fsp3) is 0.412. The monoisotopic (exact) mass is 369 g/mol. The zero-order valence-corrected chi connectivity index (χ0v) is 15.4. The first-order valence-electron chi connectivity index (χ1n) is 8.95. The van der Waals surface area contributed by atoms with E-state index in [1.807, 2.05) is 19.2 Å². The van der Waals surface area contributed by atoms with Crippen LogP contribution in [-0.2, 0) is 0 Å². The number of anilines is 3. The number of aromatic nitrogens is 3. The molecule has 0 bridgehead atoms. The zero-order chi connectivity index (χ0) is 18.8. The predicted molar refractivity (Wildman–Crippen MR) is 106 cm³/mol. The highest BCUT2D eigenvalue weighted by Crippen LogP contribution is 2.25. The molecule has 2 aliphatic heterocycles. The van der Waals surface area contributed by atoms with Crippen molar-refractivity contribution in [2.75, 3.05) is 48.8 Å². The molecule has 4 rings (SSSR count). The van der Waals surface area contributed by atoms with Gasteiger partial charge in [0, 0.05) is 32.4 Å². The number of piperazine rings is 1. The molecule has 10 heteroatoms. The van der Waals surface area contributed by atoms with Crippen LogP contribution in [0.25, 0.3) is 6.20 Å². The molecule has 4 heterocycles. The van der Waals surface area contributed by atoms with Crippen LogP contribution in [0, 0.1) is 0 Å². The molecule has 0 saturated carbocycles. The number of H-pyrrole nitrogens is 1. The van der Waals surface area contributed by atoms with E-state index in [4.69, 9.17) is 0 Å². The van der Waals surface area contributed by atoms with Gasteiger partial charge in [-0.1, -0.05) is 6.08 Å². The van der Waals surface area contributed by atoms with E-state index in [-0.39, 0.29) is 11.2 Å². The van der Waals surface area contributed by atoms with Gasteiger partial charge in [-0.15, -0.1) is 10.2 Å². The standard InChI is InChI=1S/C17H23N9O/c1-3-6-26-16(27)14-15(23-26)20-17(22-21-14)19-13-5-4-12(11-18-13)25-9-7-24(2)8-10-25/h3-6,11,17,20,23H,7-10H2,1-2H3,(H,18,19). The molecule has 3 N–H and O–H groups in total. The quantitative estimate of drug-likeness (QED) is 0.758. The molecular formula is C17H23N9O. The molecule has 1 saturated heterocycles. The van der Waals surface area contributed by atoms with Crippen molar-refractivity contribution in [2.45, 2.75) is 13.2 Å². The lowest BCUT2D eigenvalue weighted by Gasteiger charge is -2.33. The lowest BCUT2D eigenvalue weighted by molar-refractivity contribution is 0.313. The van der Waals surface area contributed by atoms with Gasteiger partial charge in [0.1, 0.15) is 5.82 Å². The molecule has 0 aromatic carbocycles. The second-order valence-corrected chi connectivity index (χ2v) is 6.59. The van der Waals surface area contributed by atoms with Crippen molar-refractivity contribution in [2.24, 2.45) is 10.2 Å². The second-order valence-electron chi connectivity index (χ2n) is 6.59. The number of hydrogen-bond donors (Lipinski definition) is 3. The van der Waals surface area contributed by atoms with Crippen molar-refractivity contribution in [3.05, 3.63) is 34.8 Å². The third-order valence-electron chi connectivity index (χ3n) is 4.64. The van der Waals surface area contributed by atoms with E-state index in [2.05, 4.69) is 53.9 Å². The molecule has 1 unspecified atom stereocenters. The summed E-state index contributed by atoms with van der Waals surface area (Å²) in [6.45, 7) is 5.95. The van der Waals surface area contributed by atoms with Crippen LogP contribution in [0.2, 0.25) is 0 Å². The molecule has 1 atom stereocenters. The third kappa shape index (κ3) is 3.56. The van der Waals surface area contributed by atoms with E-state index in [0.29, 0.717) is 11.6 Å². The summed E-state index contributed by atoms with van der Waals surface area (Å²) in [7, 11) is 2.14. The number of azo groups is 1. The molecule has 27 heavy (non-hydrogen) atoms. The largest absolute Gasteiger partial charge is 0.368 e. The molecule has 0 amide bonds. The Labute approximate surface area is 156 Å². The molecule has 10 nitrogen and oxygen atoms in total. The Hall–Kier alpha value is -3.14. The van der Waals surface area contributed by atoms with Gasteiger partial charge in [-0.3, -0.25) is 9.89 Å². The average molecular weight is 369 g/mol. The van der Waals surface area contributed by atoms with Crippen LogP contribution in [0.1, 0.15) is 6.92 Å². The minimum absolute atomic E-state index is 0.243. The Kier molecular flexibility index (Phi) is 4.63. The fourth-order valence-electron chi connectivity index (χ4n) is 3.10. The van der Waals surface area contributed by atoms with Gasteiger partial charge in [-0.25, -0.2) is 9.67 Å². The number of aromatic amines is 1. The maximum absolute atomic E-state index is 12.1. The number of hydrogen-bond acceptors (Lipinski definition) is 8. The number of pyridine rings is 1. The van der Waals surface area contributed by atoms with Crippen molar-refractivity contribution in [3.63, 3.8) is 0 Å². The third-order valence-corrected chi connectivity index (χ3v) is 4.64. The molecule has 2 aromatic rings. The first-order chi connectivity index (χ1) is 13.1. The fourth-order valence-corrected chi connectivity index (χ4v) is 3.10. The van der Waals surface area contributed by atoms with Gasteiger partial charge in [0.15, 0.2) is 11.5 Å². The highest BCUT2D eigenvalue weighted by molar-refractivity contribution is 5.62. The summed E-state index contributed by atoms with van der Waals surface area (Å²) in [4.78, 5) is 21.3. The first kappa shape index (κ1) is 17.3. The molecule has 142 valence electrons. The number of nitrogens with zero attached hydrogens (tertiary/aromatic N) is 6. The molecule has 2 aliphatic rings. The maximum atomic E-state index is 12.1. The van der Waals surface area contributed by atoms with Gasteiger partial charge in [0.25, 0.3) is 0 Å². The summed E-state index contributed by atoms with van der Waals surface area (Å²) in [6.07, 6.45) is 4.77. The Bertz CT molecular complexity index is 903. The minimum atomic E-state index is -0.503. The van der Waals surface area contributed by atoms with E-state index in [1.54, 1.807) is 12.3 Å². The maximum Gasteiger partial charge on any atom is 0.300 e. The summed E-state index contributed by atoms with van der Waals surface area (Å²) in [5.74, 6) is 1.21. The topological polar surface area (TPSA) is 106 Å². The SMILES string of the molecule is CC=Cn1[nH]c2c(c1=O)N=NC(Nc1ccc(N3CCN(C)CC3)cn1)N2. The highest BCUT2D eigenvalue weighted by atomic mass is 16.1. The van der Waals surface area contributed by atoms with Crippen molar-refractivity contribution >= 4 is 29.2 Å². The van der Waals surface area contributed by atoms with Crippen LogP contribution >= 0.6 is 0 Å². The van der Waals surface area contributed by atoms with Crippen LogP contribution in [0.3, 0.4) is 0 Å². The highest BCUT2D eigenvalue weighted by Gasteiger charge is 2.21. The molecule has 0 radical (unpaired) electrons. The van der Waals surface area contributed by atoms with Crippen LogP contribution in [0.5, 0.6) is 0 Å². The van der Waals surface area contributed by atoms with Crippen molar-refractivity contribution in [1.29, 1.82) is 0 Å². The predicted octanol–water partition coefficient (Wildman–Crippen LogP) is 1.72. The normalized spacial score (nSPS) is 19.9. The summed E-state index contributed by atoms with van der Waals surface area (Å²) in [6, 6.07) is 3.98. The van der Waals surface area contributed by atoms with Gasteiger partial charge in [0.2, 0.25) is 6.29 Å². The smallest absolute Gasteiger partial charge is 0.300 e. The molecule has 0 aliphatic carbocycles. The zero-order valence-electron chi connectivity index (χ0n) is 15.4. The summed E-state index contributed by atoms with van der Waals surface area (Å²) < 4.78 is 1.36. The Morgan fingerprint density at radius 2 is 2.07 bits per heavy atom. The number of rotatable bonds is 4. The van der Waals surface area contributed by atoms with Crippen LogP contribution in [0.15, 0.2) is 39.4 Å². The molecule has 0 spiro atoms. The van der Waals surface area contributed by atoms with E-state index >= 15 is 0 Å². The first-order valence-corrected chi connectivity index (χ1v) is 8.95. The Morgan fingerprint density at radius 3 is 2.78 bits per heavy atom. The average Bonchev–Trinajstić information content (AvgIpc) is 2.99. The van der Waals surface area contributed by atoms with Crippen LogP contribution in [-0.4, -0.2) is 59.2 Å². The second kappa shape index (κ2) is 7.23. The van der Waals surface area contributed by atoms with Gasteiger partial charge in [-0.05, 0) is 26.1 Å². The van der Waals surface area contributed by atoms with Gasteiger partial charge in [-0.2, -0.15) is 0 Å². The van der Waals surface area contributed by atoms with E-state index in [9.17, 15) is 4.79 Å². The molecule has 2 aromatic heterocycles. The lowest BCUT2D eigenvalue weighted by atomic mass is 10.3. The van der Waals surface area contributed by atoms with E-state index in [0.717, 1.165) is 31.9 Å². The van der Waals surface area contributed by atoms with Crippen molar-refractivity contribution in [1.82, 2.24) is 19.7 Å². The van der Waals surface area contributed by atoms with Crippen molar-refractivity contribution in [3.8, 4) is 0 Å². The number of nitrogens with one attached hydrogen (secondary N) is 3. The van der Waals surface area contributed by atoms with Gasteiger partial charge < -0.3 is 20.4 Å². The molecular weight excluding hydrogens is 346 g/mol. The van der Waals surface area contributed by atoms with E-state index in [1.165, 1.54) is 4.68 Å². The summed E-state index contributed by atoms with van der Waals surface area (Å²) in [5, 5.41) is 17.4. The lowest BCUT2D eigenvalue weighted by Crippen LogP contribution is -2.44. The minimum Gasteiger partial charge on any atom is -0.368 e. The summed E-state index contributed by atoms with van der Waals surface area (Å²) >= 11 is 0. The van der Waals surface area contributed by atoms with Gasteiger partial charge in [0.05, 0.1) is 11.9 Å². The van der Waals surface area contributed by atoms with Gasteiger partial charge >= 0.3 is 5.56 Å². The number of allylic oxidation sites excluding steroid dienone is 1.